The lowest BCUT2D eigenvalue weighted by molar-refractivity contribution is 0.772. The van der Waals surface area contributed by atoms with Crippen LogP contribution < -0.4 is 5.32 Å². The van der Waals surface area contributed by atoms with Crippen molar-refractivity contribution in [2.45, 2.75) is 59.8 Å². The maximum atomic E-state index is 4.77. The van der Waals surface area contributed by atoms with Crippen LogP contribution in [0.3, 0.4) is 0 Å². The number of pyridine rings is 1. The molecule has 146 valence electrons. The first kappa shape index (κ1) is 20.0. The van der Waals surface area contributed by atoms with Crippen molar-refractivity contribution in [3.8, 4) is 11.3 Å². The summed E-state index contributed by atoms with van der Waals surface area (Å²) in [4.78, 5) is 13.7. The van der Waals surface area contributed by atoms with Gasteiger partial charge >= 0.3 is 0 Å². The molecule has 2 heterocycles. The highest BCUT2D eigenvalue weighted by molar-refractivity contribution is 5.71. The molecule has 4 heteroatoms. The molecule has 1 N–H and O–H groups in total. The van der Waals surface area contributed by atoms with Crippen LogP contribution >= 0.6 is 0 Å². The smallest absolute Gasteiger partial charge is 0.227 e. The highest BCUT2D eigenvalue weighted by Crippen LogP contribution is 2.33. The fraction of sp³-hybridized carbons (Fsp3) is 0.375. The zero-order chi connectivity index (χ0) is 19.9. The van der Waals surface area contributed by atoms with Gasteiger partial charge in [-0.1, -0.05) is 45.2 Å². The molecule has 0 fully saturated rings. The predicted molar refractivity (Wildman–Crippen MR) is 117 cm³/mol. The molecule has 4 nitrogen and oxygen atoms in total. The lowest BCUT2D eigenvalue weighted by Gasteiger charge is -2.20. The van der Waals surface area contributed by atoms with Crippen molar-refractivity contribution in [1.82, 2.24) is 15.0 Å². The highest BCUT2D eigenvalue weighted by Gasteiger charge is 2.20. The van der Waals surface area contributed by atoms with E-state index in [2.05, 4.69) is 61.2 Å². The van der Waals surface area contributed by atoms with E-state index in [-0.39, 0.29) is 0 Å². The SMILES string of the molecule is CCCCC.Cc1cccc(Nc2ncc3c(n2)-c2ccnc(C)c2CC3)c1. The van der Waals surface area contributed by atoms with E-state index >= 15 is 0 Å². The van der Waals surface area contributed by atoms with Gasteiger partial charge in [0.15, 0.2) is 0 Å². The first-order valence-electron chi connectivity index (χ1n) is 10.3. The van der Waals surface area contributed by atoms with E-state index in [1.54, 1.807) is 0 Å². The predicted octanol–water partition coefficient (Wildman–Crippen LogP) is 6.19. The molecule has 0 atom stereocenters. The summed E-state index contributed by atoms with van der Waals surface area (Å²) in [6, 6.07) is 10.3. The number of rotatable bonds is 4. The second kappa shape index (κ2) is 9.45. The number of anilines is 2. The van der Waals surface area contributed by atoms with Crippen LogP contribution in [0.4, 0.5) is 11.6 Å². The number of hydrogen-bond acceptors (Lipinski definition) is 4. The Hall–Kier alpha value is -2.75. The van der Waals surface area contributed by atoms with Gasteiger partial charge in [-0.15, -0.1) is 0 Å². The second-order valence-electron chi connectivity index (χ2n) is 7.34. The second-order valence-corrected chi connectivity index (χ2v) is 7.34. The summed E-state index contributed by atoms with van der Waals surface area (Å²) >= 11 is 0. The van der Waals surface area contributed by atoms with E-state index in [4.69, 9.17) is 4.98 Å². The molecule has 0 saturated heterocycles. The summed E-state index contributed by atoms with van der Waals surface area (Å²) in [7, 11) is 0. The summed E-state index contributed by atoms with van der Waals surface area (Å²) in [5, 5.41) is 3.30. The number of hydrogen-bond donors (Lipinski definition) is 1. The van der Waals surface area contributed by atoms with Gasteiger partial charge in [-0.3, -0.25) is 4.98 Å². The van der Waals surface area contributed by atoms with E-state index in [1.165, 1.54) is 41.5 Å². The number of unbranched alkanes of at least 4 members (excludes halogenated alkanes) is 2. The third-order valence-corrected chi connectivity index (χ3v) is 5.02. The maximum Gasteiger partial charge on any atom is 0.227 e. The number of nitrogens with zero attached hydrogens (tertiary/aromatic N) is 3. The molecule has 1 aliphatic carbocycles. The molecule has 0 radical (unpaired) electrons. The Morgan fingerprint density at radius 2 is 1.82 bits per heavy atom. The van der Waals surface area contributed by atoms with Gasteiger partial charge in [-0.05, 0) is 61.6 Å². The van der Waals surface area contributed by atoms with Crippen molar-refractivity contribution in [1.29, 1.82) is 0 Å². The number of nitrogens with one attached hydrogen (secondary N) is 1. The van der Waals surface area contributed by atoms with Gasteiger partial charge in [0.25, 0.3) is 0 Å². The normalized spacial score (nSPS) is 11.7. The first-order valence-corrected chi connectivity index (χ1v) is 10.3. The molecule has 0 unspecified atom stereocenters. The van der Waals surface area contributed by atoms with E-state index in [1.807, 2.05) is 24.5 Å². The van der Waals surface area contributed by atoms with Crippen molar-refractivity contribution >= 4 is 11.6 Å². The van der Waals surface area contributed by atoms with E-state index < -0.39 is 0 Å². The minimum atomic E-state index is 0.636. The molecule has 1 aliphatic rings. The Morgan fingerprint density at radius 3 is 2.54 bits per heavy atom. The van der Waals surface area contributed by atoms with Crippen LogP contribution in [-0.4, -0.2) is 15.0 Å². The number of benzene rings is 1. The minimum Gasteiger partial charge on any atom is -0.324 e. The minimum absolute atomic E-state index is 0.636. The lowest BCUT2D eigenvalue weighted by Crippen LogP contribution is -2.10. The van der Waals surface area contributed by atoms with Crippen LogP contribution in [0.25, 0.3) is 11.3 Å². The molecule has 0 amide bonds. The Kier molecular flexibility index (Phi) is 6.75. The van der Waals surface area contributed by atoms with Crippen LogP contribution in [0.2, 0.25) is 0 Å². The van der Waals surface area contributed by atoms with E-state index in [9.17, 15) is 0 Å². The van der Waals surface area contributed by atoms with Gasteiger partial charge in [0, 0.05) is 29.3 Å². The van der Waals surface area contributed by atoms with Gasteiger partial charge in [0.2, 0.25) is 5.95 Å². The van der Waals surface area contributed by atoms with Gasteiger partial charge in [-0.2, -0.15) is 0 Å². The molecular formula is C24H30N4. The molecule has 4 rings (SSSR count). The Balaban J connectivity index is 0.000000403. The van der Waals surface area contributed by atoms with E-state index in [0.29, 0.717) is 5.95 Å². The number of aromatic nitrogens is 3. The topological polar surface area (TPSA) is 50.7 Å². The monoisotopic (exact) mass is 374 g/mol. The third-order valence-electron chi connectivity index (χ3n) is 5.02. The molecular weight excluding hydrogens is 344 g/mol. The average molecular weight is 375 g/mol. The maximum absolute atomic E-state index is 4.77. The standard InChI is InChI=1S/C19H18N4.C5H12/c1-12-4-3-5-15(10-12)22-19-21-11-14-6-7-16-13(2)20-9-8-17(16)18(14)23-19;1-3-5-4-2/h3-5,8-11H,6-7H2,1-2H3,(H,21,22,23);3-5H2,1-2H3. The molecule has 0 saturated carbocycles. The van der Waals surface area contributed by atoms with Crippen LogP contribution in [0, 0.1) is 13.8 Å². The van der Waals surface area contributed by atoms with E-state index in [0.717, 1.165) is 29.9 Å². The molecule has 0 bridgehead atoms. The molecule has 1 aromatic carbocycles. The van der Waals surface area contributed by atoms with Crippen molar-refractivity contribution in [3.63, 3.8) is 0 Å². The van der Waals surface area contributed by atoms with Crippen molar-refractivity contribution in [3.05, 3.63) is 65.1 Å². The zero-order valence-electron chi connectivity index (χ0n) is 17.4. The Morgan fingerprint density at radius 1 is 1.00 bits per heavy atom. The molecule has 3 aromatic rings. The van der Waals surface area contributed by atoms with Gasteiger partial charge < -0.3 is 5.32 Å². The van der Waals surface area contributed by atoms with Gasteiger partial charge in [-0.25, -0.2) is 9.97 Å². The van der Waals surface area contributed by atoms with Crippen LogP contribution in [0.15, 0.2) is 42.7 Å². The fourth-order valence-corrected chi connectivity index (χ4v) is 3.48. The first-order chi connectivity index (χ1) is 13.6. The summed E-state index contributed by atoms with van der Waals surface area (Å²) in [6.45, 7) is 8.56. The number of aryl methyl sites for hydroxylation is 3. The highest BCUT2D eigenvalue weighted by atomic mass is 15.1. The van der Waals surface area contributed by atoms with Crippen LogP contribution in [0.5, 0.6) is 0 Å². The van der Waals surface area contributed by atoms with Crippen molar-refractivity contribution in [2.75, 3.05) is 5.32 Å². The average Bonchev–Trinajstić information content (AvgIpc) is 2.69. The number of fused-ring (bicyclic) bond motifs is 3. The Bertz CT molecular complexity index is 932. The molecule has 2 aromatic heterocycles. The summed E-state index contributed by atoms with van der Waals surface area (Å²) in [5.74, 6) is 0.636. The largest absolute Gasteiger partial charge is 0.324 e. The summed E-state index contributed by atoms with van der Waals surface area (Å²) in [6.07, 6.45) is 9.86. The zero-order valence-corrected chi connectivity index (χ0v) is 17.4. The Labute approximate surface area is 168 Å². The van der Waals surface area contributed by atoms with Crippen LogP contribution in [0.1, 0.15) is 55.5 Å². The fourth-order valence-electron chi connectivity index (χ4n) is 3.48. The van der Waals surface area contributed by atoms with Crippen LogP contribution in [-0.2, 0) is 12.8 Å². The van der Waals surface area contributed by atoms with Crippen molar-refractivity contribution in [2.24, 2.45) is 0 Å². The summed E-state index contributed by atoms with van der Waals surface area (Å²) in [5.41, 5.74) is 8.04. The summed E-state index contributed by atoms with van der Waals surface area (Å²) < 4.78 is 0. The van der Waals surface area contributed by atoms with Crippen molar-refractivity contribution < 1.29 is 0 Å². The lowest BCUT2D eigenvalue weighted by atomic mass is 9.89. The third kappa shape index (κ3) is 4.75. The van der Waals surface area contributed by atoms with Gasteiger partial charge in [0.05, 0.1) is 5.69 Å². The molecule has 0 aliphatic heterocycles. The quantitative estimate of drug-likeness (QED) is 0.591. The molecule has 0 spiro atoms. The molecule has 28 heavy (non-hydrogen) atoms. The van der Waals surface area contributed by atoms with Gasteiger partial charge in [0.1, 0.15) is 0 Å².